The molecule has 0 aromatic carbocycles. The van der Waals surface area contributed by atoms with Crippen molar-refractivity contribution in [2.45, 2.75) is 38.0 Å². The van der Waals surface area contributed by atoms with E-state index in [4.69, 9.17) is 5.73 Å². The van der Waals surface area contributed by atoms with Crippen molar-refractivity contribution in [3.05, 3.63) is 16.1 Å². The van der Waals surface area contributed by atoms with E-state index in [0.717, 1.165) is 19.4 Å². The Hall–Kier alpha value is -0.410. The molecule has 1 fully saturated rings. The van der Waals surface area contributed by atoms with Crippen LogP contribution < -0.4 is 5.73 Å². The molecule has 0 atom stereocenters. The molecule has 1 aromatic heterocycles. The molecule has 0 spiro atoms. The van der Waals surface area contributed by atoms with Crippen LogP contribution >= 0.6 is 11.3 Å². The SMILES string of the molecule is CC1(c2ncc(CCCN)s2)CC1. The Morgan fingerprint density at radius 1 is 1.62 bits per heavy atom. The molecule has 3 heteroatoms. The quantitative estimate of drug-likeness (QED) is 0.801. The molecule has 2 N–H and O–H groups in total. The lowest BCUT2D eigenvalue weighted by Crippen LogP contribution is -1.99. The van der Waals surface area contributed by atoms with Crippen LogP contribution in [0.5, 0.6) is 0 Å². The number of nitrogens with zero attached hydrogens (tertiary/aromatic N) is 1. The second-order valence-electron chi connectivity index (χ2n) is 4.08. The minimum absolute atomic E-state index is 0.436. The lowest BCUT2D eigenvalue weighted by molar-refractivity contribution is 0.776. The molecule has 1 heterocycles. The van der Waals surface area contributed by atoms with Gasteiger partial charge < -0.3 is 5.73 Å². The molecular weight excluding hydrogens is 180 g/mol. The maximum absolute atomic E-state index is 5.47. The molecule has 0 aliphatic heterocycles. The molecular formula is C10H16N2S. The molecule has 1 aliphatic carbocycles. The molecule has 2 nitrogen and oxygen atoms in total. The predicted molar refractivity (Wildman–Crippen MR) is 56.1 cm³/mol. The van der Waals surface area contributed by atoms with Crippen molar-refractivity contribution in [2.24, 2.45) is 5.73 Å². The van der Waals surface area contributed by atoms with Crippen LogP contribution in [0.3, 0.4) is 0 Å². The van der Waals surface area contributed by atoms with E-state index < -0.39 is 0 Å². The van der Waals surface area contributed by atoms with Crippen molar-refractivity contribution in [1.29, 1.82) is 0 Å². The van der Waals surface area contributed by atoms with Crippen molar-refractivity contribution in [1.82, 2.24) is 4.98 Å². The van der Waals surface area contributed by atoms with E-state index in [0.29, 0.717) is 5.41 Å². The Balaban J connectivity index is 2.01. The first-order valence-corrected chi connectivity index (χ1v) is 5.71. The normalized spacial score (nSPS) is 18.9. The maximum atomic E-state index is 5.47. The number of nitrogens with two attached hydrogens (primary N) is 1. The van der Waals surface area contributed by atoms with Gasteiger partial charge in [-0.05, 0) is 32.2 Å². The molecule has 0 saturated heterocycles. The summed E-state index contributed by atoms with van der Waals surface area (Å²) in [5.74, 6) is 0. The minimum atomic E-state index is 0.436. The summed E-state index contributed by atoms with van der Waals surface area (Å²) in [4.78, 5) is 5.88. The Bertz CT molecular complexity index is 289. The molecule has 1 saturated carbocycles. The Morgan fingerprint density at radius 3 is 3.00 bits per heavy atom. The van der Waals surface area contributed by atoms with E-state index >= 15 is 0 Å². The van der Waals surface area contributed by atoms with Crippen LogP contribution in [0.1, 0.15) is 36.1 Å². The summed E-state index contributed by atoms with van der Waals surface area (Å²) in [6.07, 6.45) is 6.84. The van der Waals surface area contributed by atoms with E-state index in [2.05, 4.69) is 11.9 Å². The topological polar surface area (TPSA) is 38.9 Å². The summed E-state index contributed by atoms with van der Waals surface area (Å²) in [7, 11) is 0. The molecule has 1 aliphatic rings. The first-order chi connectivity index (χ1) is 6.24. The third-order valence-corrected chi connectivity index (χ3v) is 4.06. The maximum Gasteiger partial charge on any atom is 0.0986 e. The molecule has 72 valence electrons. The number of aryl methyl sites for hydroxylation is 1. The van der Waals surface area contributed by atoms with E-state index in [1.54, 1.807) is 0 Å². The summed E-state index contributed by atoms with van der Waals surface area (Å²) >= 11 is 1.88. The van der Waals surface area contributed by atoms with Gasteiger partial charge in [0.15, 0.2) is 0 Å². The zero-order chi connectivity index (χ0) is 9.31. The van der Waals surface area contributed by atoms with Crippen LogP contribution in [0, 0.1) is 0 Å². The fraction of sp³-hybridized carbons (Fsp3) is 0.700. The van der Waals surface area contributed by atoms with Gasteiger partial charge in [0.1, 0.15) is 0 Å². The summed E-state index contributed by atoms with van der Waals surface area (Å²) < 4.78 is 0. The number of aromatic nitrogens is 1. The fourth-order valence-electron chi connectivity index (χ4n) is 1.38. The highest BCUT2D eigenvalue weighted by atomic mass is 32.1. The van der Waals surface area contributed by atoms with Crippen LogP contribution in [0.4, 0.5) is 0 Å². The fourth-order valence-corrected chi connectivity index (χ4v) is 2.54. The second kappa shape index (κ2) is 3.39. The van der Waals surface area contributed by atoms with Gasteiger partial charge in [-0.25, -0.2) is 4.98 Å². The molecule has 0 amide bonds. The monoisotopic (exact) mass is 196 g/mol. The highest BCUT2D eigenvalue weighted by Crippen LogP contribution is 2.48. The van der Waals surface area contributed by atoms with Gasteiger partial charge in [0.05, 0.1) is 5.01 Å². The van der Waals surface area contributed by atoms with Crippen LogP contribution in [-0.4, -0.2) is 11.5 Å². The molecule has 0 unspecified atom stereocenters. The molecule has 13 heavy (non-hydrogen) atoms. The number of thiazole rings is 1. The first kappa shape index (κ1) is 9.16. The van der Waals surface area contributed by atoms with E-state index in [1.807, 2.05) is 17.5 Å². The smallest absolute Gasteiger partial charge is 0.0986 e. The van der Waals surface area contributed by atoms with Crippen molar-refractivity contribution >= 4 is 11.3 Å². The highest BCUT2D eigenvalue weighted by molar-refractivity contribution is 7.11. The number of rotatable bonds is 4. The molecule has 0 radical (unpaired) electrons. The van der Waals surface area contributed by atoms with Gasteiger partial charge in [-0.2, -0.15) is 0 Å². The molecule has 0 bridgehead atoms. The van der Waals surface area contributed by atoms with Crippen molar-refractivity contribution < 1.29 is 0 Å². The summed E-state index contributed by atoms with van der Waals surface area (Å²) in [5.41, 5.74) is 5.90. The average molecular weight is 196 g/mol. The van der Waals surface area contributed by atoms with Crippen LogP contribution in [0.25, 0.3) is 0 Å². The Morgan fingerprint density at radius 2 is 2.38 bits per heavy atom. The largest absolute Gasteiger partial charge is 0.330 e. The Labute approximate surface area is 83.2 Å². The Kier molecular flexibility index (Phi) is 2.39. The van der Waals surface area contributed by atoms with Gasteiger partial charge in [-0.3, -0.25) is 0 Å². The van der Waals surface area contributed by atoms with Gasteiger partial charge in [0.25, 0.3) is 0 Å². The van der Waals surface area contributed by atoms with Gasteiger partial charge in [-0.1, -0.05) is 6.92 Å². The second-order valence-corrected chi connectivity index (χ2v) is 5.20. The highest BCUT2D eigenvalue weighted by Gasteiger charge is 2.41. The first-order valence-electron chi connectivity index (χ1n) is 4.90. The van der Waals surface area contributed by atoms with Crippen LogP contribution in [0.15, 0.2) is 6.20 Å². The number of hydrogen-bond donors (Lipinski definition) is 1. The van der Waals surface area contributed by atoms with E-state index in [9.17, 15) is 0 Å². The third-order valence-electron chi connectivity index (χ3n) is 2.70. The third kappa shape index (κ3) is 1.92. The predicted octanol–water partition coefficient (Wildman–Crippen LogP) is 2.09. The average Bonchev–Trinajstić information content (AvgIpc) is 2.69. The summed E-state index contributed by atoms with van der Waals surface area (Å²) in [5, 5.41) is 1.33. The van der Waals surface area contributed by atoms with Crippen molar-refractivity contribution in [2.75, 3.05) is 6.54 Å². The van der Waals surface area contributed by atoms with Crippen molar-refractivity contribution in [3.8, 4) is 0 Å². The summed E-state index contributed by atoms with van der Waals surface area (Å²) in [6.45, 7) is 3.09. The van der Waals surface area contributed by atoms with Gasteiger partial charge in [0, 0.05) is 16.5 Å². The molecule has 1 aromatic rings. The minimum Gasteiger partial charge on any atom is -0.330 e. The lowest BCUT2D eigenvalue weighted by Gasteiger charge is -2.00. The van der Waals surface area contributed by atoms with Crippen molar-refractivity contribution in [3.63, 3.8) is 0 Å². The zero-order valence-corrected chi connectivity index (χ0v) is 8.86. The number of hydrogen-bond acceptors (Lipinski definition) is 3. The van der Waals surface area contributed by atoms with Gasteiger partial charge in [-0.15, -0.1) is 11.3 Å². The standard InChI is InChI=1S/C10H16N2S/c1-10(4-5-10)9-12-7-8(13-9)3-2-6-11/h7H,2-6,11H2,1H3. The van der Waals surface area contributed by atoms with E-state index in [1.165, 1.54) is 22.7 Å². The lowest BCUT2D eigenvalue weighted by atomic mass is 10.2. The van der Waals surface area contributed by atoms with Crippen LogP contribution in [-0.2, 0) is 11.8 Å². The summed E-state index contributed by atoms with van der Waals surface area (Å²) in [6, 6.07) is 0. The van der Waals surface area contributed by atoms with Gasteiger partial charge >= 0.3 is 0 Å². The zero-order valence-electron chi connectivity index (χ0n) is 8.05. The van der Waals surface area contributed by atoms with E-state index in [-0.39, 0.29) is 0 Å². The van der Waals surface area contributed by atoms with Crippen LogP contribution in [0.2, 0.25) is 0 Å². The van der Waals surface area contributed by atoms with Gasteiger partial charge in [0.2, 0.25) is 0 Å². The molecule has 2 rings (SSSR count).